The van der Waals surface area contributed by atoms with E-state index in [0.29, 0.717) is 12.3 Å². The fraction of sp³-hybridized carbons (Fsp3) is 0.706. The minimum Gasteiger partial charge on any atom is -0.351 e. The van der Waals surface area contributed by atoms with Crippen LogP contribution in [0, 0.1) is 5.41 Å². The highest BCUT2D eigenvalue weighted by atomic mass is 16.5. The maximum absolute atomic E-state index is 13.0. The molecule has 6 nitrogen and oxygen atoms in total. The van der Waals surface area contributed by atoms with Gasteiger partial charge in [0.2, 0.25) is 11.7 Å². The summed E-state index contributed by atoms with van der Waals surface area (Å²) in [7, 11) is 0. The van der Waals surface area contributed by atoms with Gasteiger partial charge in [-0.1, -0.05) is 24.9 Å². The fourth-order valence-corrected chi connectivity index (χ4v) is 5.27. The number of fused-ring (bicyclic) bond motifs is 1. The predicted molar refractivity (Wildman–Crippen MR) is 82.6 cm³/mol. The van der Waals surface area contributed by atoms with E-state index in [9.17, 15) is 9.59 Å². The Morgan fingerprint density at radius 2 is 2.04 bits per heavy atom. The van der Waals surface area contributed by atoms with Crippen LogP contribution in [0.3, 0.4) is 0 Å². The molecule has 1 aromatic rings. The largest absolute Gasteiger partial charge is 0.351 e. The Hall–Kier alpha value is -1.85. The summed E-state index contributed by atoms with van der Waals surface area (Å²) in [5.41, 5.74) is -0.0131. The van der Waals surface area contributed by atoms with Crippen molar-refractivity contribution in [3.63, 3.8) is 0 Å². The smallest absolute Gasteiger partial charge is 0.293 e. The second-order valence-corrected chi connectivity index (χ2v) is 7.44. The summed E-state index contributed by atoms with van der Waals surface area (Å²) in [5, 5.41) is 3.67. The monoisotopic (exact) mass is 317 g/mol. The minimum atomic E-state index is -0.0766. The molecular weight excluding hydrogens is 294 g/mol. The van der Waals surface area contributed by atoms with E-state index in [2.05, 4.69) is 12.1 Å². The molecule has 0 aromatic carbocycles. The Labute approximate surface area is 135 Å². The van der Waals surface area contributed by atoms with Gasteiger partial charge in [-0.15, -0.1) is 0 Å². The molecule has 1 aliphatic carbocycles. The summed E-state index contributed by atoms with van der Waals surface area (Å²) in [6, 6.07) is 2.14. The van der Waals surface area contributed by atoms with Gasteiger partial charge in [0.25, 0.3) is 5.91 Å². The molecule has 6 heteroatoms. The maximum atomic E-state index is 13.0. The molecule has 4 rings (SSSR count). The number of carbonyl (C=O) groups excluding carboxylic acids is 2. The quantitative estimate of drug-likeness (QED) is 0.795. The van der Waals surface area contributed by atoms with Crippen molar-refractivity contribution in [2.75, 3.05) is 6.54 Å². The van der Waals surface area contributed by atoms with Crippen molar-refractivity contribution in [3.8, 4) is 0 Å². The summed E-state index contributed by atoms with van der Waals surface area (Å²) in [6.07, 6.45) is 6.77. The summed E-state index contributed by atoms with van der Waals surface area (Å²) in [5.74, 6) is 0.351. The van der Waals surface area contributed by atoms with Crippen LogP contribution in [0.5, 0.6) is 0 Å². The van der Waals surface area contributed by atoms with Crippen molar-refractivity contribution >= 4 is 11.8 Å². The lowest BCUT2D eigenvalue weighted by atomic mass is 9.71. The second-order valence-electron chi connectivity index (χ2n) is 7.44. The van der Waals surface area contributed by atoms with E-state index in [1.807, 2.05) is 9.80 Å². The van der Waals surface area contributed by atoms with Crippen molar-refractivity contribution in [2.24, 2.45) is 5.41 Å². The molecule has 0 spiro atoms. The van der Waals surface area contributed by atoms with Crippen molar-refractivity contribution in [2.45, 2.75) is 64.1 Å². The molecule has 1 aromatic heterocycles. The molecule has 2 saturated heterocycles. The highest BCUT2D eigenvalue weighted by Gasteiger charge is 2.60. The first-order valence-electron chi connectivity index (χ1n) is 8.53. The standard InChI is InChI=1S/C17H23N3O3/c1-11(21)19-10-12-9-17(2)14(19)5-3-4-6-15(17)20(12)16(22)13-7-8-18-23-13/h7-8,12,14-15H,3-6,9-10H2,1-2H3/t12-,14+,15-,17+/m0/s1. The first-order chi connectivity index (χ1) is 11.0. The van der Waals surface area contributed by atoms with Gasteiger partial charge < -0.3 is 14.3 Å². The zero-order chi connectivity index (χ0) is 16.2. The van der Waals surface area contributed by atoms with Crippen LogP contribution in [0.4, 0.5) is 0 Å². The van der Waals surface area contributed by atoms with Gasteiger partial charge in [-0.3, -0.25) is 9.59 Å². The number of rotatable bonds is 1. The molecule has 3 heterocycles. The number of piperidine rings is 1. The van der Waals surface area contributed by atoms with E-state index < -0.39 is 0 Å². The minimum absolute atomic E-state index is 0.0131. The van der Waals surface area contributed by atoms with Crippen LogP contribution in [-0.4, -0.2) is 51.4 Å². The van der Waals surface area contributed by atoms with E-state index in [0.717, 1.165) is 32.1 Å². The third-order valence-corrected chi connectivity index (χ3v) is 6.20. The maximum Gasteiger partial charge on any atom is 0.293 e. The zero-order valence-electron chi connectivity index (χ0n) is 13.7. The van der Waals surface area contributed by atoms with Crippen LogP contribution in [-0.2, 0) is 4.79 Å². The molecule has 3 aliphatic rings. The molecule has 0 unspecified atom stereocenters. The predicted octanol–water partition coefficient (Wildman–Crippen LogP) is 2.07. The molecule has 4 atom stereocenters. The lowest BCUT2D eigenvalue weighted by Gasteiger charge is -2.46. The molecule has 0 radical (unpaired) electrons. The molecule has 2 aliphatic heterocycles. The Bertz CT molecular complexity index is 629. The van der Waals surface area contributed by atoms with Crippen LogP contribution in [0.1, 0.15) is 56.5 Å². The highest BCUT2D eigenvalue weighted by Crippen LogP contribution is 2.53. The van der Waals surface area contributed by atoms with Gasteiger partial charge in [0, 0.05) is 37.0 Å². The van der Waals surface area contributed by atoms with Crippen LogP contribution in [0.25, 0.3) is 0 Å². The lowest BCUT2D eigenvalue weighted by molar-refractivity contribution is -0.136. The number of likely N-dealkylation sites (tertiary alicyclic amines) is 2. The van der Waals surface area contributed by atoms with Gasteiger partial charge in [-0.25, -0.2) is 0 Å². The van der Waals surface area contributed by atoms with Crippen LogP contribution >= 0.6 is 0 Å². The SMILES string of the molecule is CC(=O)N1C[C@@H]2C[C@@]3(C)[C@H](CCCC[C@@H]13)N2C(=O)c1ccno1. The van der Waals surface area contributed by atoms with Crippen LogP contribution < -0.4 is 0 Å². The third kappa shape index (κ3) is 2.03. The van der Waals surface area contributed by atoms with Gasteiger partial charge in [0.05, 0.1) is 12.2 Å². The van der Waals surface area contributed by atoms with Gasteiger partial charge in [-0.05, 0) is 19.3 Å². The van der Waals surface area contributed by atoms with E-state index in [1.54, 1.807) is 13.0 Å². The van der Waals surface area contributed by atoms with E-state index in [-0.39, 0.29) is 35.4 Å². The average molecular weight is 317 g/mol. The summed E-state index contributed by atoms with van der Waals surface area (Å²) in [4.78, 5) is 29.2. The molecule has 3 fully saturated rings. The summed E-state index contributed by atoms with van der Waals surface area (Å²) in [6.45, 7) is 4.56. The lowest BCUT2D eigenvalue weighted by Crippen LogP contribution is -2.55. The molecule has 23 heavy (non-hydrogen) atoms. The van der Waals surface area contributed by atoms with Crippen molar-refractivity contribution in [3.05, 3.63) is 18.0 Å². The summed E-state index contributed by atoms with van der Waals surface area (Å²) >= 11 is 0. The van der Waals surface area contributed by atoms with E-state index in [1.165, 1.54) is 6.20 Å². The molecule has 1 saturated carbocycles. The van der Waals surface area contributed by atoms with E-state index >= 15 is 0 Å². The molecule has 124 valence electrons. The van der Waals surface area contributed by atoms with Gasteiger partial charge in [-0.2, -0.15) is 0 Å². The first kappa shape index (κ1) is 14.7. The Morgan fingerprint density at radius 1 is 1.30 bits per heavy atom. The number of aromatic nitrogens is 1. The van der Waals surface area contributed by atoms with Gasteiger partial charge in [0.1, 0.15) is 0 Å². The fourth-order valence-electron chi connectivity index (χ4n) is 5.27. The highest BCUT2D eigenvalue weighted by molar-refractivity contribution is 5.92. The Morgan fingerprint density at radius 3 is 2.70 bits per heavy atom. The average Bonchev–Trinajstić information content (AvgIpc) is 3.08. The van der Waals surface area contributed by atoms with Crippen molar-refractivity contribution < 1.29 is 14.1 Å². The van der Waals surface area contributed by atoms with Crippen LogP contribution in [0.15, 0.2) is 16.8 Å². The molecule has 0 N–H and O–H groups in total. The number of hydrogen-bond donors (Lipinski definition) is 0. The number of hydrogen-bond acceptors (Lipinski definition) is 4. The van der Waals surface area contributed by atoms with Crippen molar-refractivity contribution in [1.82, 2.24) is 15.0 Å². The van der Waals surface area contributed by atoms with E-state index in [4.69, 9.17) is 4.52 Å². The second kappa shape index (κ2) is 5.08. The zero-order valence-corrected chi connectivity index (χ0v) is 13.7. The summed E-state index contributed by atoms with van der Waals surface area (Å²) < 4.78 is 5.11. The van der Waals surface area contributed by atoms with Gasteiger partial charge in [0.15, 0.2) is 0 Å². The Balaban J connectivity index is 1.75. The molecule has 2 bridgehead atoms. The number of amides is 2. The normalized spacial score (nSPS) is 36.0. The third-order valence-electron chi connectivity index (χ3n) is 6.20. The van der Waals surface area contributed by atoms with Gasteiger partial charge >= 0.3 is 0 Å². The number of nitrogens with zero attached hydrogens (tertiary/aromatic N) is 3. The molecular formula is C17H23N3O3. The molecule has 2 amide bonds. The topological polar surface area (TPSA) is 66.7 Å². The van der Waals surface area contributed by atoms with Crippen molar-refractivity contribution in [1.29, 1.82) is 0 Å². The Kier molecular flexibility index (Phi) is 3.25. The first-order valence-corrected chi connectivity index (χ1v) is 8.53. The number of carbonyl (C=O) groups is 2. The van der Waals surface area contributed by atoms with Crippen LogP contribution in [0.2, 0.25) is 0 Å².